The molecule has 0 amide bonds. The van der Waals surface area contributed by atoms with Crippen molar-refractivity contribution >= 4 is 51.9 Å². The Hall–Kier alpha value is -2.96. The Kier molecular flexibility index (Phi) is 10.9. The van der Waals surface area contributed by atoms with E-state index in [-0.39, 0.29) is 0 Å². The number of fused-ring (bicyclic) bond motifs is 1. The van der Waals surface area contributed by atoms with Gasteiger partial charge in [-0.2, -0.15) is 0 Å². The highest BCUT2D eigenvalue weighted by Gasteiger charge is 2.14. The molecule has 4 rings (SSSR count). The zero-order valence-electron chi connectivity index (χ0n) is 21.1. The first-order valence-corrected chi connectivity index (χ1v) is 12.1. The number of hydrogen-bond acceptors (Lipinski definition) is 5. The predicted molar refractivity (Wildman–Crippen MR) is 152 cm³/mol. The maximum atomic E-state index is 11.3. The number of anilines is 2. The summed E-state index contributed by atoms with van der Waals surface area (Å²) in [4.78, 5) is 16.1. The summed E-state index contributed by atoms with van der Waals surface area (Å²) in [7, 11) is 1.00. The maximum absolute atomic E-state index is 11.3. The zero-order valence-corrected chi connectivity index (χ0v) is 22.7. The molecule has 190 valence electrons. The number of carbonyl (C=O) groups excluding carboxylic acids is 1. The predicted octanol–water partition coefficient (Wildman–Crippen LogP) is 7.39. The summed E-state index contributed by atoms with van der Waals surface area (Å²) in [5.41, 5.74) is 5.35. The molecule has 1 heterocycles. The Morgan fingerprint density at radius 3 is 1.97 bits per heavy atom. The lowest BCUT2D eigenvalue weighted by Crippen LogP contribution is -2.10. The molecule has 0 aliphatic rings. The molecule has 0 saturated carbocycles. The Morgan fingerprint density at radius 2 is 1.44 bits per heavy atom. The van der Waals surface area contributed by atoms with E-state index in [9.17, 15) is 4.79 Å². The van der Waals surface area contributed by atoms with Gasteiger partial charge in [0.1, 0.15) is 12.1 Å². The molecule has 0 aliphatic carbocycles. The van der Waals surface area contributed by atoms with Gasteiger partial charge in [0.2, 0.25) is 0 Å². The van der Waals surface area contributed by atoms with E-state index in [1.165, 1.54) is 0 Å². The topological polar surface area (TPSA) is 82.4 Å². The molecule has 7 heteroatoms. The third-order valence-electron chi connectivity index (χ3n) is 4.86. The zero-order chi connectivity index (χ0) is 26.9. The van der Waals surface area contributed by atoms with E-state index in [1.807, 2.05) is 73.7 Å². The lowest BCUT2D eigenvalue weighted by Gasteiger charge is -2.16. The minimum Gasteiger partial charge on any atom is -0.400 e. The van der Waals surface area contributed by atoms with Crippen molar-refractivity contribution in [2.24, 2.45) is 0 Å². The third-order valence-corrected chi connectivity index (χ3v) is 5.37. The Balaban J connectivity index is 0.000000583. The van der Waals surface area contributed by atoms with Crippen molar-refractivity contribution in [1.29, 1.82) is 0 Å². The number of rotatable bonds is 5. The van der Waals surface area contributed by atoms with Gasteiger partial charge in [-0.25, -0.2) is 4.98 Å². The van der Waals surface area contributed by atoms with E-state index >= 15 is 0 Å². The average Bonchev–Trinajstić information content (AvgIpc) is 2.82. The largest absolute Gasteiger partial charge is 0.400 e. The SMILES string of the molecule is CC(C)(C)O.CO.Cc1cc2nc(Nc3ccc(Cl)cc3)ccc2c(-c2ccc(Cl)cc2)c1CC=O. The van der Waals surface area contributed by atoms with Crippen molar-refractivity contribution in [2.75, 3.05) is 12.4 Å². The molecule has 0 fully saturated rings. The van der Waals surface area contributed by atoms with E-state index in [1.54, 1.807) is 20.8 Å². The minimum atomic E-state index is -0.500. The molecule has 5 nitrogen and oxygen atoms in total. The highest BCUT2D eigenvalue weighted by molar-refractivity contribution is 6.31. The molecule has 0 spiro atoms. The second-order valence-electron chi connectivity index (χ2n) is 8.99. The lowest BCUT2D eigenvalue weighted by molar-refractivity contribution is -0.107. The summed E-state index contributed by atoms with van der Waals surface area (Å²) >= 11 is 12.0. The van der Waals surface area contributed by atoms with Crippen molar-refractivity contribution in [1.82, 2.24) is 4.98 Å². The van der Waals surface area contributed by atoms with Crippen molar-refractivity contribution in [3.8, 4) is 11.1 Å². The summed E-state index contributed by atoms with van der Waals surface area (Å²) in [6.45, 7) is 7.24. The fraction of sp³-hybridized carbons (Fsp3) is 0.241. The summed E-state index contributed by atoms with van der Waals surface area (Å²) in [5, 5.41) is 21.2. The Morgan fingerprint density at radius 1 is 0.917 bits per heavy atom. The van der Waals surface area contributed by atoms with Crippen LogP contribution in [-0.4, -0.2) is 34.2 Å². The second-order valence-corrected chi connectivity index (χ2v) is 9.86. The van der Waals surface area contributed by atoms with Gasteiger partial charge in [0.05, 0.1) is 11.1 Å². The number of hydrogen-bond donors (Lipinski definition) is 3. The van der Waals surface area contributed by atoms with Gasteiger partial charge < -0.3 is 20.3 Å². The molecule has 0 saturated heterocycles. The van der Waals surface area contributed by atoms with Crippen LogP contribution in [0.4, 0.5) is 11.5 Å². The fourth-order valence-corrected chi connectivity index (χ4v) is 3.74. The maximum Gasteiger partial charge on any atom is 0.131 e. The van der Waals surface area contributed by atoms with E-state index in [2.05, 4.69) is 5.32 Å². The van der Waals surface area contributed by atoms with Crippen molar-refractivity contribution in [3.05, 3.63) is 87.9 Å². The number of halogens is 2. The summed E-state index contributed by atoms with van der Waals surface area (Å²) in [6, 6.07) is 21.2. The van der Waals surface area contributed by atoms with E-state index in [0.29, 0.717) is 16.5 Å². The monoisotopic (exact) mass is 526 g/mol. The van der Waals surface area contributed by atoms with Gasteiger partial charge in [-0.3, -0.25) is 0 Å². The lowest BCUT2D eigenvalue weighted by atomic mass is 9.90. The normalized spacial score (nSPS) is 10.6. The van der Waals surface area contributed by atoms with Gasteiger partial charge in [-0.15, -0.1) is 0 Å². The Bertz CT molecular complexity index is 1280. The molecule has 4 aromatic rings. The standard InChI is InChI=1S/C24H18Cl2N2O.C4H10O.CH4O/c1-15-14-22-21(10-11-23(28-22)27-19-8-6-18(26)7-9-19)24(20(15)12-13-29)16-2-4-17(25)5-3-16;1-4(2,3)5;1-2/h2-11,13-14H,12H2,1H3,(H,27,28);5H,1-3H3;2H,1H3. The quantitative estimate of drug-likeness (QED) is 0.236. The summed E-state index contributed by atoms with van der Waals surface area (Å²) in [5.74, 6) is 0.740. The summed E-state index contributed by atoms with van der Waals surface area (Å²) < 4.78 is 0. The molecular formula is C29H32Cl2N2O3. The minimum absolute atomic E-state index is 0.352. The Labute approximate surface area is 222 Å². The molecule has 0 unspecified atom stereocenters. The van der Waals surface area contributed by atoms with Crippen LogP contribution in [0.5, 0.6) is 0 Å². The first kappa shape index (κ1) is 29.3. The number of aromatic nitrogens is 1. The van der Waals surface area contributed by atoms with Gasteiger partial charge in [-0.05, 0) is 105 Å². The van der Waals surface area contributed by atoms with Crippen LogP contribution >= 0.6 is 23.2 Å². The molecule has 0 radical (unpaired) electrons. The number of nitrogens with one attached hydrogen (secondary N) is 1. The second kappa shape index (κ2) is 13.4. The van der Waals surface area contributed by atoms with Gasteiger partial charge in [0.15, 0.2) is 0 Å². The third kappa shape index (κ3) is 8.61. The van der Waals surface area contributed by atoms with Crippen molar-refractivity contribution < 1.29 is 15.0 Å². The smallest absolute Gasteiger partial charge is 0.131 e. The molecule has 1 aromatic heterocycles. The van der Waals surface area contributed by atoms with Gasteiger partial charge in [-0.1, -0.05) is 35.3 Å². The van der Waals surface area contributed by atoms with Gasteiger partial charge >= 0.3 is 0 Å². The number of pyridine rings is 1. The molecule has 0 atom stereocenters. The van der Waals surface area contributed by atoms with E-state index in [0.717, 1.165) is 58.1 Å². The number of aliphatic hydroxyl groups excluding tert-OH is 1. The van der Waals surface area contributed by atoms with Crippen LogP contribution in [0.2, 0.25) is 10.0 Å². The van der Waals surface area contributed by atoms with Crippen LogP contribution < -0.4 is 5.32 Å². The molecule has 3 aromatic carbocycles. The van der Waals surface area contributed by atoms with Crippen LogP contribution in [-0.2, 0) is 11.2 Å². The highest BCUT2D eigenvalue weighted by Crippen LogP contribution is 2.35. The summed E-state index contributed by atoms with van der Waals surface area (Å²) in [6.07, 6.45) is 1.29. The first-order valence-electron chi connectivity index (χ1n) is 11.4. The number of benzene rings is 3. The van der Waals surface area contributed by atoms with E-state index < -0.39 is 5.60 Å². The van der Waals surface area contributed by atoms with Crippen LogP contribution in [0, 0.1) is 6.92 Å². The van der Waals surface area contributed by atoms with Gasteiger partial charge in [0.25, 0.3) is 0 Å². The van der Waals surface area contributed by atoms with Crippen LogP contribution in [0.15, 0.2) is 66.7 Å². The molecule has 0 bridgehead atoms. The number of carbonyl (C=O) groups is 1. The fourth-order valence-electron chi connectivity index (χ4n) is 3.49. The molecule has 0 aliphatic heterocycles. The number of aryl methyl sites for hydroxylation is 1. The van der Waals surface area contributed by atoms with Crippen molar-refractivity contribution in [2.45, 2.75) is 39.7 Å². The van der Waals surface area contributed by atoms with Crippen LogP contribution in [0.3, 0.4) is 0 Å². The molecule has 36 heavy (non-hydrogen) atoms. The van der Waals surface area contributed by atoms with Crippen LogP contribution in [0.1, 0.15) is 31.9 Å². The number of nitrogens with zero attached hydrogens (tertiary/aromatic N) is 1. The highest BCUT2D eigenvalue weighted by atomic mass is 35.5. The number of aldehydes is 1. The first-order chi connectivity index (χ1) is 17.0. The average molecular weight is 527 g/mol. The van der Waals surface area contributed by atoms with Crippen LogP contribution in [0.25, 0.3) is 22.0 Å². The van der Waals surface area contributed by atoms with Crippen molar-refractivity contribution in [3.63, 3.8) is 0 Å². The molecule has 3 N–H and O–H groups in total. The van der Waals surface area contributed by atoms with E-state index in [4.69, 9.17) is 38.4 Å². The molecular weight excluding hydrogens is 495 g/mol. The number of aliphatic hydroxyl groups is 2. The van der Waals surface area contributed by atoms with Gasteiger partial charge in [0, 0.05) is 34.6 Å².